The van der Waals surface area contributed by atoms with E-state index in [1.165, 1.54) is 5.56 Å². The van der Waals surface area contributed by atoms with Crippen molar-refractivity contribution in [3.8, 4) is 0 Å². The summed E-state index contributed by atoms with van der Waals surface area (Å²) in [6.07, 6.45) is 7.17. The molecule has 4 heteroatoms. The van der Waals surface area contributed by atoms with Crippen molar-refractivity contribution in [2.24, 2.45) is 4.99 Å². The first-order chi connectivity index (χ1) is 11.2. The average molecular weight is 315 g/mol. The molecule has 0 atom stereocenters. The van der Waals surface area contributed by atoms with E-state index in [0.717, 1.165) is 43.6 Å². The molecule has 0 fully saturated rings. The Balaban J connectivity index is 2.70. The van der Waals surface area contributed by atoms with Crippen LogP contribution in [0.25, 0.3) is 6.08 Å². The summed E-state index contributed by atoms with van der Waals surface area (Å²) in [7, 11) is 1.92. The maximum Gasteiger partial charge on any atom is 0.209 e. The lowest BCUT2D eigenvalue weighted by Crippen LogP contribution is -2.27. The number of amides is 1. The smallest absolute Gasteiger partial charge is 0.209 e. The van der Waals surface area contributed by atoms with Crippen LogP contribution in [-0.4, -0.2) is 50.2 Å². The lowest BCUT2D eigenvalue weighted by molar-refractivity contribution is -0.118. The average Bonchev–Trinajstić information content (AvgIpc) is 2.58. The molecule has 0 bridgehead atoms. The van der Waals surface area contributed by atoms with Crippen molar-refractivity contribution < 1.29 is 4.79 Å². The highest BCUT2D eigenvalue weighted by atomic mass is 16.1. The summed E-state index contributed by atoms with van der Waals surface area (Å²) in [5.74, 6) is 0. The van der Waals surface area contributed by atoms with Crippen LogP contribution in [0, 0.1) is 0 Å². The zero-order valence-electron chi connectivity index (χ0n) is 14.6. The molecule has 0 aromatic heterocycles. The lowest BCUT2D eigenvalue weighted by atomic mass is 10.1. The third kappa shape index (κ3) is 7.24. The first-order valence-corrected chi connectivity index (χ1v) is 8.35. The van der Waals surface area contributed by atoms with Gasteiger partial charge in [0, 0.05) is 19.6 Å². The standard InChI is InChI=1S/C19H29N3O/c1-4-6-13-22(16-23)14-12-21-19(15-20-3)18-10-8-17(7-5-2)9-11-18/h5,7-11,16,20H,4,6,12-15H2,1-3H3. The van der Waals surface area contributed by atoms with Gasteiger partial charge in [0.15, 0.2) is 0 Å². The molecular weight excluding hydrogens is 286 g/mol. The normalized spacial score (nSPS) is 11.9. The largest absolute Gasteiger partial charge is 0.343 e. The van der Waals surface area contributed by atoms with E-state index >= 15 is 0 Å². The van der Waals surface area contributed by atoms with Crippen LogP contribution in [0.5, 0.6) is 0 Å². The van der Waals surface area contributed by atoms with Crippen molar-refractivity contribution in [1.82, 2.24) is 10.2 Å². The number of hydrogen-bond acceptors (Lipinski definition) is 3. The fourth-order valence-corrected chi connectivity index (χ4v) is 2.29. The second kappa shape index (κ2) is 11.6. The van der Waals surface area contributed by atoms with Gasteiger partial charge in [0.2, 0.25) is 6.41 Å². The molecule has 0 spiro atoms. The number of hydrogen-bond donors (Lipinski definition) is 1. The Morgan fingerprint density at radius 1 is 1.26 bits per heavy atom. The summed E-state index contributed by atoms with van der Waals surface area (Å²) in [6.45, 7) is 6.99. The minimum absolute atomic E-state index is 0.635. The number of unbranched alkanes of at least 4 members (excludes halogenated alkanes) is 1. The van der Waals surface area contributed by atoms with Gasteiger partial charge >= 0.3 is 0 Å². The summed E-state index contributed by atoms with van der Waals surface area (Å²) in [5, 5.41) is 3.16. The molecule has 1 N–H and O–H groups in total. The van der Waals surface area contributed by atoms with Gasteiger partial charge in [-0.3, -0.25) is 9.79 Å². The molecule has 1 amide bonds. The number of aliphatic imine (C=N–C) groups is 1. The van der Waals surface area contributed by atoms with Gasteiger partial charge in [-0.05, 0) is 31.5 Å². The van der Waals surface area contributed by atoms with Gasteiger partial charge in [-0.2, -0.15) is 0 Å². The van der Waals surface area contributed by atoms with Gasteiger partial charge < -0.3 is 10.2 Å². The molecule has 0 aliphatic carbocycles. The van der Waals surface area contributed by atoms with Gasteiger partial charge in [-0.15, -0.1) is 0 Å². The van der Waals surface area contributed by atoms with Crippen LogP contribution in [0.1, 0.15) is 37.8 Å². The predicted molar refractivity (Wildman–Crippen MR) is 99.0 cm³/mol. The lowest BCUT2D eigenvalue weighted by Gasteiger charge is -2.16. The van der Waals surface area contributed by atoms with Crippen LogP contribution in [0.2, 0.25) is 0 Å². The molecule has 126 valence electrons. The number of carbonyl (C=O) groups excluding carboxylic acids is 1. The van der Waals surface area contributed by atoms with Gasteiger partial charge in [0.25, 0.3) is 0 Å². The molecule has 0 saturated carbocycles. The summed E-state index contributed by atoms with van der Waals surface area (Å²) in [5.41, 5.74) is 3.34. The Morgan fingerprint density at radius 3 is 2.57 bits per heavy atom. The number of benzene rings is 1. The highest BCUT2D eigenvalue weighted by Crippen LogP contribution is 2.08. The molecule has 0 radical (unpaired) electrons. The predicted octanol–water partition coefficient (Wildman–Crippen LogP) is 2.99. The second-order valence-corrected chi connectivity index (χ2v) is 5.48. The molecule has 0 heterocycles. The minimum Gasteiger partial charge on any atom is -0.343 e. The summed E-state index contributed by atoms with van der Waals surface area (Å²) in [6, 6.07) is 8.39. The monoisotopic (exact) mass is 315 g/mol. The third-order valence-corrected chi connectivity index (χ3v) is 3.59. The topological polar surface area (TPSA) is 44.7 Å². The molecule has 0 unspecified atom stereocenters. The van der Waals surface area contributed by atoms with Crippen LogP contribution in [-0.2, 0) is 4.79 Å². The first kappa shape index (κ1) is 19.1. The minimum atomic E-state index is 0.635. The van der Waals surface area contributed by atoms with Crippen LogP contribution < -0.4 is 5.32 Å². The van der Waals surface area contributed by atoms with Crippen LogP contribution >= 0.6 is 0 Å². The van der Waals surface area contributed by atoms with E-state index in [0.29, 0.717) is 13.1 Å². The van der Waals surface area contributed by atoms with Crippen molar-refractivity contribution in [3.63, 3.8) is 0 Å². The maximum absolute atomic E-state index is 11.0. The van der Waals surface area contributed by atoms with Crippen LogP contribution in [0.3, 0.4) is 0 Å². The zero-order chi connectivity index (χ0) is 16.9. The Hall–Kier alpha value is -1.94. The Labute approximate surface area is 140 Å². The number of rotatable bonds is 11. The number of likely N-dealkylation sites (N-methyl/N-ethyl adjacent to an activating group) is 1. The summed E-state index contributed by atoms with van der Waals surface area (Å²) >= 11 is 0. The van der Waals surface area contributed by atoms with E-state index in [2.05, 4.69) is 42.6 Å². The van der Waals surface area contributed by atoms with Gasteiger partial charge in [-0.1, -0.05) is 49.8 Å². The van der Waals surface area contributed by atoms with Gasteiger partial charge in [-0.25, -0.2) is 0 Å². The molecular formula is C19H29N3O. The van der Waals surface area contributed by atoms with E-state index in [4.69, 9.17) is 4.99 Å². The maximum atomic E-state index is 11.0. The molecule has 4 nitrogen and oxygen atoms in total. The van der Waals surface area contributed by atoms with E-state index < -0.39 is 0 Å². The van der Waals surface area contributed by atoms with Gasteiger partial charge in [0.05, 0.1) is 12.3 Å². The quantitative estimate of drug-likeness (QED) is 0.504. The molecule has 23 heavy (non-hydrogen) atoms. The number of allylic oxidation sites excluding steroid dienone is 1. The van der Waals surface area contributed by atoms with E-state index in [1.807, 2.05) is 20.0 Å². The Bertz CT molecular complexity index is 506. The fraction of sp³-hybridized carbons (Fsp3) is 0.474. The molecule has 1 aromatic rings. The highest BCUT2D eigenvalue weighted by Gasteiger charge is 2.04. The van der Waals surface area contributed by atoms with Crippen molar-refractivity contribution in [2.45, 2.75) is 26.7 Å². The fourth-order valence-electron chi connectivity index (χ4n) is 2.29. The molecule has 0 saturated heterocycles. The number of nitrogens with zero attached hydrogens (tertiary/aromatic N) is 2. The van der Waals surface area contributed by atoms with Crippen molar-refractivity contribution in [1.29, 1.82) is 0 Å². The highest BCUT2D eigenvalue weighted by molar-refractivity contribution is 6.02. The van der Waals surface area contributed by atoms with Gasteiger partial charge in [0.1, 0.15) is 0 Å². The second-order valence-electron chi connectivity index (χ2n) is 5.48. The van der Waals surface area contributed by atoms with Crippen molar-refractivity contribution >= 4 is 18.2 Å². The Morgan fingerprint density at radius 2 is 2.00 bits per heavy atom. The molecule has 1 rings (SSSR count). The SMILES string of the molecule is CC=Cc1ccc(C(CNC)=NCCN(C=O)CCCC)cc1. The van der Waals surface area contributed by atoms with E-state index in [-0.39, 0.29) is 0 Å². The van der Waals surface area contributed by atoms with Crippen LogP contribution in [0.15, 0.2) is 35.3 Å². The molecule has 0 aliphatic heterocycles. The molecule has 0 aliphatic rings. The molecule has 1 aromatic carbocycles. The number of nitrogens with one attached hydrogen (secondary N) is 1. The zero-order valence-corrected chi connectivity index (χ0v) is 14.6. The Kier molecular flexibility index (Phi) is 9.64. The van der Waals surface area contributed by atoms with E-state index in [9.17, 15) is 4.79 Å². The number of carbonyl (C=O) groups is 1. The van der Waals surface area contributed by atoms with E-state index in [1.54, 1.807) is 4.90 Å². The first-order valence-electron chi connectivity index (χ1n) is 8.35. The van der Waals surface area contributed by atoms with Crippen LogP contribution in [0.4, 0.5) is 0 Å². The third-order valence-electron chi connectivity index (χ3n) is 3.59. The van der Waals surface area contributed by atoms with Crippen molar-refractivity contribution in [3.05, 3.63) is 41.5 Å². The summed E-state index contributed by atoms with van der Waals surface area (Å²) in [4.78, 5) is 17.5. The summed E-state index contributed by atoms with van der Waals surface area (Å²) < 4.78 is 0. The van der Waals surface area contributed by atoms with Crippen molar-refractivity contribution in [2.75, 3.05) is 33.2 Å².